The van der Waals surface area contributed by atoms with E-state index in [-0.39, 0.29) is 0 Å². The van der Waals surface area contributed by atoms with E-state index in [1.807, 2.05) is 0 Å². The average Bonchev–Trinajstić information content (AvgIpc) is 2.38. The summed E-state index contributed by atoms with van der Waals surface area (Å²) >= 11 is 12.1. The number of rotatable bonds is 4. The van der Waals surface area contributed by atoms with Gasteiger partial charge >= 0.3 is 0 Å². The van der Waals surface area contributed by atoms with Crippen LogP contribution >= 0.6 is 22.7 Å². The van der Waals surface area contributed by atoms with E-state index in [9.17, 15) is 0 Å². The van der Waals surface area contributed by atoms with Gasteiger partial charge in [0.25, 0.3) is 0 Å². The Hall–Kier alpha value is 0.797. The molecule has 1 heterocycles. The molecule has 0 radical (unpaired) electrons. The average molecular weight is 211 g/mol. The number of halogens is 2. The van der Waals surface area contributed by atoms with Crippen molar-refractivity contribution in [2.45, 2.75) is 43.8 Å². The fourth-order valence-electron chi connectivity index (χ4n) is 1.79. The maximum atomic E-state index is 6.50. The molecular formula is C8H16Cl2Si. The lowest BCUT2D eigenvalue weighted by Gasteiger charge is -2.16. The number of alkyl halides is 1. The summed E-state index contributed by atoms with van der Waals surface area (Å²) < 4.78 is 0. The molecule has 0 aromatic heterocycles. The molecule has 0 nitrogen and oxygen atoms in total. The molecule has 3 heteroatoms. The number of hydrogen-bond acceptors (Lipinski definition) is 0. The molecule has 0 atom stereocenters. The third-order valence-corrected chi connectivity index (χ3v) is 8.23. The lowest BCUT2D eigenvalue weighted by molar-refractivity contribution is 0.875. The van der Waals surface area contributed by atoms with Gasteiger partial charge in [-0.15, -0.1) is 11.6 Å². The summed E-state index contributed by atoms with van der Waals surface area (Å²) in [4.78, 5) is 0. The Balaban J connectivity index is 2.13. The van der Waals surface area contributed by atoms with E-state index in [4.69, 9.17) is 22.7 Å². The molecule has 0 aliphatic carbocycles. The van der Waals surface area contributed by atoms with E-state index < -0.39 is 7.38 Å². The fraction of sp³-hybridized carbons (Fsp3) is 1.00. The van der Waals surface area contributed by atoms with Gasteiger partial charge in [-0.2, -0.15) is 11.1 Å². The van der Waals surface area contributed by atoms with Crippen LogP contribution in [-0.4, -0.2) is 13.3 Å². The zero-order chi connectivity index (χ0) is 8.16. The van der Waals surface area contributed by atoms with Gasteiger partial charge in [0.05, 0.1) is 0 Å². The molecule has 1 fully saturated rings. The third-order valence-electron chi connectivity index (χ3n) is 2.51. The summed E-state index contributed by atoms with van der Waals surface area (Å²) in [6.07, 6.45) is 5.19. The van der Waals surface area contributed by atoms with E-state index in [0.29, 0.717) is 0 Å². The Morgan fingerprint density at radius 1 is 1.09 bits per heavy atom. The van der Waals surface area contributed by atoms with Gasteiger partial charge in [0, 0.05) is 5.88 Å². The molecule has 0 unspecified atom stereocenters. The van der Waals surface area contributed by atoms with Crippen molar-refractivity contribution < 1.29 is 0 Å². The van der Waals surface area contributed by atoms with Gasteiger partial charge in [0.15, 0.2) is 7.38 Å². The molecule has 11 heavy (non-hydrogen) atoms. The van der Waals surface area contributed by atoms with Crippen LogP contribution in [0.4, 0.5) is 0 Å². The maximum Gasteiger partial charge on any atom is 0.156 e. The highest BCUT2D eigenvalue weighted by Crippen LogP contribution is 2.37. The summed E-state index contributed by atoms with van der Waals surface area (Å²) in [6.45, 7) is 0. The molecule has 0 N–H and O–H groups in total. The molecule has 0 aromatic carbocycles. The molecule has 0 bridgehead atoms. The lowest BCUT2D eigenvalue weighted by Crippen LogP contribution is -2.21. The summed E-state index contributed by atoms with van der Waals surface area (Å²) in [7, 11) is -1.21. The van der Waals surface area contributed by atoms with Crippen LogP contribution < -0.4 is 0 Å². The minimum Gasteiger partial charge on any atom is -0.167 e. The molecule has 1 rings (SSSR count). The molecule has 0 amide bonds. The molecule has 66 valence electrons. The molecule has 1 aliphatic rings. The van der Waals surface area contributed by atoms with Crippen LogP contribution in [0.5, 0.6) is 0 Å². The molecule has 0 saturated carbocycles. The highest BCUT2D eigenvalue weighted by Gasteiger charge is 2.33. The van der Waals surface area contributed by atoms with Crippen molar-refractivity contribution in [3.8, 4) is 0 Å². The second-order valence-electron chi connectivity index (χ2n) is 3.50. The largest absolute Gasteiger partial charge is 0.167 e. The van der Waals surface area contributed by atoms with Gasteiger partial charge in [0.2, 0.25) is 0 Å². The van der Waals surface area contributed by atoms with Crippen LogP contribution in [0.3, 0.4) is 0 Å². The van der Waals surface area contributed by atoms with Gasteiger partial charge in [0.1, 0.15) is 0 Å². The van der Waals surface area contributed by atoms with Crippen molar-refractivity contribution in [2.75, 3.05) is 5.88 Å². The topological polar surface area (TPSA) is 0 Å². The highest BCUT2D eigenvalue weighted by molar-refractivity contribution is 7.20. The van der Waals surface area contributed by atoms with E-state index in [1.54, 1.807) is 0 Å². The monoisotopic (exact) mass is 210 g/mol. The quantitative estimate of drug-likeness (QED) is 0.285. The standard InChI is InChI=1S/C8H16Cl2Si/c9-5-1-2-6-11(10)7-3-4-8-11/h1-8H2. The summed E-state index contributed by atoms with van der Waals surface area (Å²) in [5.74, 6) is 0.807. The zero-order valence-electron chi connectivity index (χ0n) is 6.91. The number of hydrogen-bond donors (Lipinski definition) is 0. The minimum atomic E-state index is -1.21. The molecule has 0 aromatic rings. The van der Waals surface area contributed by atoms with Crippen molar-refractivity contribution in [1.82, 2.24) is 0 Å². The fourth-order valence-corrected chi connectivity index (χ4v) is 6.59. The van der Waals surface area contributed by atoms with Crippen molar-refractivity contribution >= 4 is 30.1 Å². The van der Waals surface area contributed by atoms with Crippen LogP contribution in [0.15, 0.2) is 0 Å². The van der Waals surface area contributed by atoms with E-state index in [0.717, 1.165) is 12.3 Å². The second kappa shape index (κ2) is 4.73. The zero-order valence-corrected chi connectivity index (χ0v) is 9.42. The predicted molar refractivity (Wildman–Crippen MR) is 55.2 cm³/mol. The van der Waals surface area contributed by atoms with Crippen molar-refractivity contribution in [3.05, 3.63) is 0 Å². The van der Waals surface area contributed by atoms with Crippen molar-refractivity contribution in [1.29, 1.82) is 0 Å². The summed E-state index contributed by atoms with van der Waals surface area (Å²) in [5.41, 5.74) is 0. The Kier molecular flexibility index (Phi) is 4.25. The van der Waals surface area contributed by atoms with Crippen LogP contribution in [-0.2, 0) is 0 Å². The maximum absolute atomic E-state index is 6.50. The van der Waals surface area contributed by atoms with Gasteiger partial charge < -0.3 is 0 Å². The summed E-state index contributed by atoms with van der Waals surface area (Å²) in [5, 5.41) is 0. The van der Waals surface area contributed by atoms with Crippen molar-refractivity contribution in [2.24, 2.45) is 0 Å². The Morgan fingerprint density at radius 3 is 2.27 bits per heavy atom. The normalized spacial score (nSPS) is 22.4. The first-order valence-corrected chi connectivity index (χ1v) is 8.68. The minimum absolute atomic E-state index is 0.807. The lowest BCUT2D eigenvalue weighted by atomic mass is 10.4. The summed E-state index contributed by atoms with van der Waals surface area (Å²) in [6, 6.07) is 4.02. The first-order chi connectivity index (χ1) is 5.27. The van der Waals surface area contributed by atoms with Gasteiger partial charge in [-0.25, -0.2) is 0 Å². The molecular weight excluding hydrogens is 195 g/mol. The third kappa shape index (κ3) is 3.35. The van der Waals surface area contributed by atoms with E-state index in [1.165, 1.54) is 37.4 Å². The molecule has 1 saturated heterocycles. The smallest absolute Gasteiger partial charge is 0.156 e. The van der Waals surface area contributed by atoms with Crippen LogP contribution in [0.1, 0.15) is 25.7 Å². The SMILES string of the molecule is ClCCCC[Si]1(Cl)CCCC1. The predicted octanol–water partition coefficient (Wildman–Crippen LogP) is 3.98. The van der Waals surface area contributed by atoms with Gasteiger partial charge in [-0.05, 0) is 24.6 Å². The van der Waals surface area contributed by atoms with Gasteiger partial charge in [-0.1, -0.05) is 19.3 Å². The molecule has 0 spiro atoms. The first kappa shape index (κ1) is 9.88. The van der Waals surface area contributed by atoms with Crippen LogP contribution in [0, 0.1) is 0 Å². The first-order valence-electron chi connectivity index (χ1n) is 4.52. The number of unbranched alkanes of at least 4 members (excludes halogenated alkanes) is 1. The molecule has 1 aliphatic heterocycles. The Labute approximate surface area is 80.0 Å². The van der Waals surface area contributed by atoms with Crippen LogP contribution in [0.25, 0.3) is 0 Å². The Morgan fingerprint density at radius 2 is 1.73 bits per heavy atom. The van der Waals surface area contributed by atoms with Crippen molar-refractivity contribution in [3.63, 3.8) is 0 Å². The van der Waals surface area contributed by atoms with Crippen LogP contribution in [0.2, 0.25) is 18.1 Å². The Bertz CT molecular complexity index is 111. The second-order valence-corrected chi connectivity index (χ2v) is 10.1. The van der Waals surface area contributed by atoms with E-state index in [2.05, 4.69) is 0 Å². The van der Waals surface area contributed by atoms with Gasteiger partial charge in [-0.3, -0.25) is 0 Å². The highest BCUT2D eigenvalue weighted by atomic mass is 35.6. The van der Waals surface area contributed by atoms with E-state index >= 15 is 0 Å².